The van der Waals surface area contributed by atoms with E-state index >= 15 is 0 Å². The van der Waals surface area contributed by atoms with Crippen molar-refractivity contribution in [2.75, 3.05) is 19.6 Å². The molecule has 1 aromatic carbocycles. The Morgan fingerprint density at radius 3 is 2.46 bits per heavy atom. The largest absolute Gasteiger partial charge is 0.480 e. The van der Waals surface area contributed by atoms with E-state index in [0.717, 1.165) is 12.8 Å². The van der Waals surface area contributed by atoms with Gasteiger partial charge in [0.1, 0.15) is 0 Å². The first-order valence-corrected chi connectivity index (χ1v) is 8.08. The third-order valence-electron chi connectivity index (χ3n) is 4.18. The van der Waals surface area contributed by atoms with Crippen molar-refractivity contribution in [3.8, 4) is 0 Å². The Balaban J connectivity index is 1.67. The summed E-state index contributed by atoms with van der Waals surface area (Å²) < 4.78 is 0. The van der Waals surface area contributed by atoms with Crippen molar-refractivity contribution in [1.82, 2.24) is 15.5 Å². The fraction of sp³-hybridized carbons (Fsp3) is 0.471. The zero-order chi connectivity index (χ0) is 17.5. The lowest BCUT2D eigenvalue weighted by Crippen LogP contribution is -2.55. The van der Waals surface area contributed by atoms with Crippen molar-refractivity contribution in [1.29, 1.82) is 0 Å². The summed E-state index contributed by atoms with van der Waals surface area (Å²) in [6.45, 7) is 2.55. The average Bonchev–Trinajstić information content (AvgIpc) is 2.54. The summed E-state index contributed by atoms with van der Waals surface area (Å²) in [7, 11) is 0. The second kappa shape index (κ2) is 8.44. The predicted octanol–water partition coefficient (Wildman–Crippen LogP) is 0.470. The van der Waals surface area contributed by atoms with Gasteiger partial charge in [-0.15, -0.1) is 0 Å². The molecule has 1 aliphatic rings. The number of hydrogen-bond donors (Lipinski definition) is 3. The molecule has 1 aliphatic carbocycles. The molecule has 0 heterocycles. The lowest BCUT2D eigenvalue weighted by atomic mass is 9.85. The van der Waals surface area contributed by atoms with E-state index in [1.54, 1.807) is 24.3 Å². The normalized spacial score (nSPS) is 19.4. The van der Waals surface area contributed by atoms with Crippen molar-refractivity contribution in [3.63, 3.8) is 0 Å². The quantitative estimate of drug-likeness (QED) is 0.642. The van der Waals surface area contributed by atoms with Gasteiger partial charge in [-0.2, -0.15) is 0 Å². The Morgan fingerprint density at radius 2 is 1.88 bits per heavy atom. The molecule has 0 spiro atoms. The number of carboxylic acid groups (broad SMARTS) is 1. The number of amides is 2. The fourth-order valence-electron chi connectivity index (χ4n) is 2.81. The van der Waals surface area contributed by atoms with Gasteiger partial charge in [0.05, 0.1) is 13.1 Å². The first-order valence-electron chi connectivity index (χ1n) is 8.08. The zero-order valence-corrected chi connectivity index (χ0v) is 13.7. The lowest BCUT2D eigenvalue weighted by molar-refractivity contribution is -0.139. The molecule has 7 heteroatoms. The van der Waals surface area contributed by atoms with E-state index in [9.17, 15) is 14.4 Å². The third kappa shape index (κ3) is 5.06. The van der Waals surface area contributed by atoms with Gasteiger partial charge >= 0.3 is 5.97 Å². The number of benzene rings is 1. The molecule has 0 atom stereocenters. The topological polar surface area (TPSA) is 98.7 Å². The second-order valence-corrected chi connectivity index (χ2v) is 5.90. The highest BCUT2D eigenvalue weighted by molar-refractivity contribution is 5.96. The molecule has 0 bridgehead atoms. The highest BCUT2D eigenvalue weighted by Gasteiger charge is 2.34. The SMILES string of the molecule is CCN(CC(=O)O)C1CC(NC(=O)CNC(=O)c2ccccc2)C1. The Kier molecular flexibility index (Phi) is 6.31. The van der Waals surface area contributed by atoms with E-state index in [1.165, 1.54) is 0 Å². The van der Waals surface area contributed by atoms with Crippen LogP contribution in [0.5, 0.6) is 0 Å². The molecule has 1 fully saturated rings. The van der Waals surface area contributed by atoms with Crippen LogP contribution >= 0.6 is 0 Å². The monoisotopic (exact) mass is 333 g/mol. The highest BCUT2D eigenvalue weighted by Crippen LogP contribution is 2.25. The standard InChI is InChI=1S/C17H23N3O4/c1-2-20(11-16(22)23)14-8-13(9-14)19-15(21)10-18-17(24)12-6-4-3-5-7-12/h3-7,13-14H,2,8-11H2,1H3,(H,18,24)(H,19,21)(H,22,23). The van der Waals surface area contributed by atoms with Gasteiger partial charge in [-0.1, -0.05) is 25.1 Å². The summed E-state index contributed by atoms with van der Waals surface area (Å²) in [6, 6.07) is 8.95. The molecule has 2 rings (SSSR count). The van der Waals surface area contributed by atoms with Gasteiger partial charge in [0.25, 0.3) is 5.91 Å². The molecule has 0 saturated heterocycles. The van der Waals surface area contributed by atoms with Gasteiger partial charge < -0.3 is 15.7 Å². The minimum absolute atomic E-state index is 0.0228. The molecule has 3 N–H and O–H groups in total. The van der Waals surface area contributed by atoms with Gasteiger partial charge in [0.2, 0.25) is 5.91 Å². The second-order valence-electron chi connectivity index (χ2n) is 5.90. The molecule has 2 amide bonds. The van der Waals surface area contributed by atoms with Gasteiger partial charge in [-0.3, -0.25) is 19.3 Å². The number of carbonyl (C=O) groups is 3. The Labute approximate surface area is 141 Å². The summed E-state index contributed by atoms with van der Waals surface area (Å²) in [5.41, 5.74) is 0.515. The number of rotatable bonds is 8. The molecule has 130 valence electrons. The first kappa shape index (κ1) is 17.9. The van der Waals surface area contributed by atoms with Crippen LogP contribution in [0, 0.1) is 0 Å². The van der Waals surface area contributed by atoms with Crippen LogP contribution in [-0.4, -0.2) is 59.5 Å². The zero-order valence-electron chi connectivity index (χ0n) is 13.7. The van der Waals surface area contributed by atoms with Crippen molar-refractivity contribution in [2.45, 2.75) is 31.8 Å². The van der Waals surface area contributed by atoms with E-state index in [2.05, 4.69) is 10.6 Å². The van der Waals surface area contributed by atoms with Crippen molar-refractivity contribution >= 4 is 17.8 Å². The van der Waals surface area contributed by atoms with Gasteiger partial charge in [0.15, 0.2) is 0 Å². The molecule has 1 aromatic rings. The number of nitrogens with one attached hydrogen (secondary N) is 2. The molecule has 0 unspecified atom stereocenters. The number of likely N-dealkylation sites (N-methyl/N-ethyl adjacent to an activating group) is 1. The number of carboxylic acids is 1. The van der Waals surface area contributed by atoms with E-state index in [-0.39, 0.29) is 37.0 Å². The summed E-state index contributed by atoms with van der Waals surface area (Å²) in [5, 5.41) is 14.3. The van der Waals surface area contributed by atoms with E-state index in [0.29, 0.717) is 12.1 Å². The molecular weight excluding hydrogens is 310 g/mol. The first-order chi connectivity index (χ1) is 11.5. The Bertz CT molecular complexity index is 585. The van der Waals surface area contributed by atoms with E-state index in [4.69, 9.17) is 5.11 Å². The predicted molar refractivity (Wildman–Crippen MR) is 88.6 cm³/mol. The Hall–Kier alpha value is -2.41. The van der Waals surface area contributed by atoms with Crippen LogP contribution in [0.2, 0.25) is 0 Å². The maximum atomic E-state index is 11.9. The number of carbonyl (C=O) groups excluding carboxylic acids is 2. The Morgan fingerprint density at radius 1 is 1.21 bits per heavy atom. The summed E-state index contributed by atoms with van der Waals surface area (Å²) in [6.07, 6.45) is 1.47. The molecule has 0 aromatic heterocycles. The summed E-state index contributed by atoms with van der Waals surface area (Å²) in [4.78, 5) is 36.4. The van der Waals surface area contributed by atoms with Crippen LogP contribution in [0.1, 0.15) is 30.1 Å². The molecule has 0 radical (unpaired) electrons. The maximum absolute atomic E-state index is 11.9. The summed E-state index contributed by atoms with van der Waals surface area (Å²) >= 11 is 0. The number of hydrogen-bond acceptors (Lipinski definition) is 4. The van der Waals surface area contributed by atoms with Crippen molar-refractivity contribution in [2.24, 2.45) is 0 Å². The van der Waals surface area contributed by atoms with Crippen LogP contribution in [-0.2, 0) is 9.59 Å². The number of aliphatic carboxylic acids is 1. The minimum Gasteiger partial charge on any atom is -0.480 e. The van der Waals surface area contributed by atoms with Crippen molar-refractivity contribution in [3.05, 3.63) is 35.9 Å². The smallest absolute Gasteiger partial charge is 0.317 e. The molecule has 1 saturated carbocycles. The fourth-order valence-corrected chi connectivity index (χ4v) is 2.81. The van der Waals surface area contributed by atoms with Crippen molar-refractivity contribution < 1.29 is 19.5 Å². The van der Waals surface area contributed by atoms with Crippen LogP contribution in [0.4, 0.5) is 0 Å². The van der Waals surface area contributed by atoms with Gasteiger partial charge in [0, 0.05) is 17.6 Å². The van der Waals surface area contributed by atoms with Crippen LogP contribution in [0.3, 0.4) is 0 Å². The van der Waals surface area contributed by atoms with E-state index in [1.807, 2.05) is 17.9 Å². The molecule has 7 nitrogen and oxygen atoms in total. The summed E-state index contributed by atoms with van der Waals surface area (Å²) in [5.74, 6) is -1.35. The third-order valence-corrected chi connectivity index (χ3v) is 4.18. The van der Waals surface area contributed by atoms with Crippen LogP contribution in [0.15, 0.2) is 30.3 Å². The van der Waals surface area contributed by atoms with E-state index < -0.39 is 5.97 Å². The van der Waals surface area contributed by atoms with Crippen LogP contribution in [0.25, 0.3) is 0 Å². The number of nitrogens with zero attached hydrogens (tertiary/aromatic N) is 1. The molecule has 24 heavy (non-hydrogen) atoms. The highest BCUT2D eigenvalue weighted by atomic mass is 16.4. The van der Waals surface area contributed by atoms with Gasteiger partial charge in [-0.05, 0) is 31.5 Å². The minimum atomic E-state index is -0.840. The lowest BCUT2D eigenvalue weighted by Gasteiger charge is -2.42. The molecular formula is C17H23N3O4. The molecule has 0 aliphatic heterocycles. The van der Waals surface area contributed by atoms with Crippen LogP contribution < -0.4 is 10.6 Å². The average molecular weight is 333 g/mol. The maximum Gasteiger partial charge on any atom is 0.317 e. The van der Waals surface area contributed by atoms with Gasteiger partial charge in [-0.25, -0.2) is 0 Å².